The first kappa shape index (κ1) is 11.3. The minimum Gasteiger partial charge on any atom is -0.450 e. The highest BCUT2D eigenvalue weighted by Crippen LogP contribution is 2.11. The Labute approximate surface area is 85.4 Å². The lowest BCUT2D eigenvalue weighted by atomic mass is 10.00. The number of nitrogens with one attached hydrogen (secondary N) is 2. The highest BCUT2D eigenvalue weighted by atomic mass is 16.5. The molecule has 1 rings (SSSR count). The standard InChI is InChI=1S/C10H20N2O2/c1-3-14-10(13)11-7-9-6-4-5-8(2)12-9/h8-9,12H,3-7H2,1-2H3,(H,11,13). The van der Waals surface area contributed by atoms with Crippen molar-refractivity contribution < 1.29 is 9.53 Å². The minimum atomic E-state index is -0.312. The lowest BCUT2D eigenvalue weighted by Crippen LogP contribution is -2.47. The van der Waals surface area contributed by atoms with Gasteiger partial charge >= 0.3 is 6.09 Å². The van der Waals surface area contributed by atoms with Gasteiger partial charge in [0.05, 0.1) is 6.61 Å². The molecule has 14 heavy (non-hydrogen) atoms. The average Bonchev–Trinajstić information content (AvgIpc) is 2.15. The third-order valence-corrected chi connectivity index (χ3v) is 2.48. The van der Waals surface area contributed by atoms with E-state index in [9.17, 15) is 4.79 Å². The molecule has 1 amide bonds. The lowest BCUT2D eigenvalue weighted by molar-refractivity contribution is 0.150. The van der Waals surface area contributed by atoms with Crippen LogP contribution in [0.1, 0.15) is 33.1 Å². The predicted octanol–water partition coefficient (Wildman–Crippen LogP) is 1.26. The van der Waals surface area contributed by atoms with Crippen molar-refractivity contribution in [2.45, 2.75) is 45.2 Å². The molecular weight excluding hydrogens is 180 g/mol. The molecule has 2 N–H and O–H groups in total. The van der Waals surface area contributed by atoms with E-state index < -0.39 is 0 Å². The molecule has 4 heteroatoms. The van der Waals surface area contributed by atoms with Crippen molar-refractivity contribution in [3.05, 3.63) is 0 Å². The Balaban J connectivity index is 2.14. The van der Waals surface area contributed by atoms with Crippen LogP contribution in [-0.4, -0.2) is 31.3 Å². The molecule has 1 aliphatic heterocycles. The van der Waals surface area contributed by atoms with Gasteiger partial charge in [-0.1, -0.05) is 6.42 Å². The van der Waals surface area contributed by atoms with Gasteiger partial charge in [-0.05, 0) is 26.7 Å². The largest absolute Gasteiger partial charge is 0.450 e. The monoisotopic (exact) mass is 200 g/mol. The molecular formula is C10H20N2O2. The Kier molecular flexibility index (Phi) is 4.73. The minimum absolute atomic E-state index is 0.312. The molecule has 0 radical (unpaired) electrons. The van der Waals surface area contributed by atoms with Crippen LogP contribution in [0.25, 0.3) is 0 Å². The molecule has 0 bridgehead atoms. The van der Waals surface area contributed by atoms with E-state index in [1.165, 1.54) is 12.8 Å². The van der Waals surface area contributed by atoms with Gasteiger partial charge in [0.2, 0.25) is 0 Å². The molecule has 82 valence electrons. The lowest BCUT2D eigenvalue weighted by Gasteiger charge is -2.28. The molecule has 1 heterocycles. The molecule has 2 atom stereocenters. The second kappa shape index (κ2) is 5.86. The van der Waals surface area contributed by atoms with Crippen molar-refractivity contribution >= 4 is 6.09 Å². The summed E-state index contributed by atoms with van der Waals surface area (Å²) in [7, 11) is 0. The van der Waals surface area contributed by atoms with Crippen LogP contribution in [0, 0.1) is 0 Å². The van der Waals surface area contributed by atoms with Gasteiger partial charge in [0, 0.05) is 18.6 Å². The van der Waals surface area contributed by atoms with Crippen LogP contribution < -0.4 is 10.6 Å². The summed E-state index contributed by atoms with van der Waals surface area (Å²) < 4.78 is 4.78. The molecule has 0 saturated carbocycles. The van der Waals surface area contributed by atoms with E-state index in [0.717, 1.165) is 6.42 Å². The summed E-state index contributed by atoms with van der Waals surface area (Å²) in [5, 5.41) is 6.19. The van der Waals surface area contributed by atoms with Crippen molar-refractivity contribution in [2.75, 3.05) is 13.2 Å². The van der Waals surface area contributed by atoms with Crippen molar-refractivity contribution in [3.8, 4) is 0 Å². The number of ether oxygens (including phenoxy) is 1. The fraction of sp³-hybridized carbons (Fsp3) is 0.900. The van der Waals surface area contributed by atoms with Gasteiger partial charge < -0.3 is 15.4 Å². The second-order valence-electron chi connectivity index (χ2n) is 3.80. The number of piperidine rings is 1. The van der Waals surface area contributed by atoms with Crippen LogP contribution in [0.2, 0.25) is 0 Å². The second-order valence-corrected chi connectivity index (χ2v) is 3.80. The summed E-state index contributed by atoms with van der Waals surface area (Å²) in [6.45, 7) is 5.08. The normalized spacial score (nSPS) is 27.0. The van der Waals surface area contributed by atoms with Crippen LogP contribution in [0.5, 0.6) is 0 Å². The SMILES string of the molecule is CCOC(=O)NCC1CCCC(C)N1. The number of carbonyl (C=O) groups excluding carboxylic acids is 1. The highest BCUT2D eigenvalue weighted by Gasteiger charge is 2.17. The summed E-state index contributed by atoms with van der Waals surface area (Å²) in [5.41, 5.74) is 0. The summed E-state index contributed by atoms with van der Waals surface area (Å²) in [5.74, 6) is 0. The maximum atomic E-state index is 11.0. The third kappa shape index (κ3) is 3.96. The van der Waals surface area contributed by atoms with Crippen molar-refractivity contribution in [2.24, 2.45) is 0 Å². The Morgan fingerprint density at radius 3 is 3.00 bits per heavy atom. The first-order valence-electron chi connectivity index (χ1n) is 5.39. The number of hydrogen-bond acceptors (Lipinski definition) is 3. The summed E-state index contributed by atoms with van der Waals surface area (Å²) in [6.07, 6.45) is 3.29. The van der Waals surface area contributed by atoms with E-state index in [0.29, 0.717) is 25.2 Å². The fourth-order valence-electron chi connectivity index (χ4n) is 1.79. The number of amides is 1. The molecule has 0 spiro atoms. The Bertz CT molecular complexity index is 185. The number of alkyl carbamates (subject to hydrolysis) is 1. The summed E-state index contributed by atoms with van der Waals surface area (Å²) in [6, 6.07) is 0.973. The molecule has 2 unspecified atom stereocenters. The first-order valence-corrected chi connectivity index (χ1v) is 5.39. The van der Waals surface area contributed by atoms with Gasteiger partial charge in [-0.25, -0.2) is 4.79 Å². The quantitative estimate of drug-likeness (QED) is 0.721. The molecule has 1 aliphatic rings. The molecule has 4 nitrogen and oxygen atoms in total. The zero-order valence-corrected chi connectivity index (χ0v) is 9.01. The molecule has 1 fully saturated rings. The van der Waals surface area contributed by atoms with Crippen LogP contribution in [0.3, 0.4) is 0 Å². The molecule has 1 saturated heterocycles. The number of hydrogen-bond donors (Lipinski definition) is 2. The third-order valence-electron chi connectivity index (χ3n) is 2.48. The van der Waals surface area contributed by atoms with Gasteiger partial charge in [-0.3, -0.25) is 0 Å². The van der Waals surface area contributed by atoms with Gasteiger partial charge in [-0.2, -0.15) is 0 Å². The average molecular weight is 200 g/mol. The van der Waals surface area contributed by atoms with Gasteiger partial charge in [0.25, 0.3) is 0 Å². The number of carbonyl (C=O) groups is 1. The van der Waals surface area contributed by atoms with Crippen LogP contribution in [0.4, 0.5) is 4.79 Å². The topological polar surface area (TPSA) is 50.4 Å². The molecule has 0 aromatic carbocycles. The maximum absolute atomic E-state index is 11.0. The van der Waals surface area contributed by atoms with Gasteiger partial charge in [0.15, 0.2) is 0 Å². The zero-order valence-electron chi connectivity index (χ0n) is 9.01. The van der Waals surface area contributed by atoms with E-state index >= 15 is 0 Å². The van der Waals surface area contributed by atoms with E-state index in [1.54, 1.807) is 6.92 Å². The molecule has 0 aliphatic carbocycles. The van der Waals surface area contributed by atoms with Crippen molar-refractivity contribution in [1.82, 2.24) is 10.6 Å². The van der Waals surface area contributed by atoms with E-state index in [-0.39, 0.29) is 6.09 Å². The predicted molar refractivity (Wildman–Crippen MR) is 55.3 cm³/mol. The van der Waals surface area contributed by atoms with Crippen molar-refractivity contribution in [1.29, 1.82) is 0 Å². The van der Waals surface area contributed by atoms with Gasteiger partial charge in [0.1, 0.15) is 0 Å². The van der Waals surface area contributed by atoms with Crippen molar-refractivity contribution in [3.63, 3.8) is 0 Å². The van der Waals surface area contributed by atoms with Crippen LogP contribution >= 0.6 is 0 Å². The molecule has 0 aromatic heterocycles. The molecule has 0 aromatic rings. The van der Waals surface area contributed by atoms with Crippen LogP contribution in [-0.2, 0) is 4.74 Å². The van der Waals surface area contributed by atoms with E-state index in [1.807, 2.05) is 0 Å². The van der Waals surface area contributed by atoms with Crippen LogP contribution in [0.15, 0.2) is 0 Å². The highest BCUT2D eigenvalue weighted by molar-refractivity contribution is 5.67. The Hall–Kier alpha value is -0.770. The zero-order chi connectivity index (χ0) is 10.4. The smallest absolute Gasteiger partial charge is 0.407 e. The summed E-state index contributed by atoms with van der Waals surface area (Å²) >= 11 is 0. The summed E-state index contributed by atoms with van der Waals surface area (Å²) in [4.78, 5) is 11.0. The van der Waals surface area contributed by atoms with E-state index in [4.69, 9.17) is 4.74 Å². The number of rotatable bonds is 3. The Morgan fingerprint density at radius 2 is 2.36 bits per heavy atom. The van der Waals surface area contributed by atoms with E-state index in [2.05, 4.69) is 17.6 Å². The van der Waals surface area contributed by atoms with Gasteiger partial charge in [-0.15, -0.1) is 0 Å². The first-order chi connectivity index (χ1) is 6.72. The fourth-order valence-corrected chi connectivity index (χ4v) is 1.79. The maximum Gasteiger partial charge on any atom is 0.407 e. The Morgan fingerprint density at radius 1 is 1.57 bits per heavy atom.